The van der Waals surface area contributed by atoms with Crippen molar-refractivity contribution in [2.45, 2.75) is 0 Å². The summed E-state index contributed by atoms with van der Waals surface area (Å²) >= 11 is 1.87. The Balaban J connectivity index is 1.13. The molecule has 0 N–H and O–H groups in total. The Morgan fingerprint density at radius 2 is 0.944 bits per heavy atom. The summed E-state index contributed by atoms with van der Waals surface area (Å²) in [5.74, 6) is 0.704. The van der Waals surface area contributed by atoms with Crippen LogP contribution in [0.15, 0.2) is 188 Å². The van der Waals surface area contributed by atoms with Gasteiger partial charge in [-0.3, -0.25) is 0 Å². The van der Waals surface area contributed by atoms with E-state index < -0.39 is 0 Å². The molecule has 4 heteroatoms. The third-order valence-corrected chi connectivity index (χ3v) is 11.7. The Hall–Kier alpha value is -6.88. The summed E-state index contributed by atoms with van der Waals surface area (Å²) in [6, 6.07) is 67.1. The minimum atomic E-state index is 0.704. The van der Waals surface area contributed by atoms with Gasteiger partial charge in [0, 0.05) is 53.3 Å². The maximum atomic E-state index is 5.10. The molecular weight excluding hydrogens is 675 g/mol. The van der Waals surface area contributed by atoms with Gasteiger partial charge in [0.05, 0.1) is 22.4 Å². The van der Waals surface area contributed by atoms with E-state index in [0.29, 0.717) is 5.82 Å². The molecule has 54 heavy (non-hydrogen) atoms. The molecular formula is C50H31N3S. The van der Waals surface area contributed by atoms with E-state index in [0.717, 1.165) is 33.8 Å². The quantitative estimate of drug-likeness (QED) is 0.178. The summed E-state index contributed by atoms with van der Waals surface area (Å²) in [5.41, 5.74) is 10.9. The van der Waals surface area contributed by atoms with Crippen molar-refractivity contribution in [2.75, 3.05) is 0 Å². The van der Waals surface area contributed by atoms with Gasteiger partial charge in [0.2, 0.25) is 0 Å². The van der Waals surface area contributed by atoms with Crippen molar-refractivity contribution in [1.29, 1.82) is 0 Å². The van der Waals surface area contributed by atoms with Crippen molar-refractivity contribution in [3.05, 3.63) is 188 Å². The largest absolute Gasteiger partial charge is 0.309 e. The zero-order valence-electron chi connectivity index (χ0n) is 29.1. The first kappa shape index (κ1) is 30.7. The first-order valence-electron chi connectivity index (χ1n) is 18.2. The van der Waals surface area contributed by atoms with E-state index in [1.807, 2.05) is 23.5 Å². The molecule has 0 saturated heterocycles. The van der Waals surface area contributed by atoms with Crippen LogP contribution in [0.2, 0.25) is 0 Å². The van der Waals surface area contributed by atoms with Crippen molar-refractivity contribution in [3.63, 3.8) is 0 Å². The standard InChI is InChI=1S/C50H31N3S/c1-4-12-32(13-5-1)37-23-28-45-40(30-37)48-46(54-45)29-27-44-49(48)47-39-19-11-10-14-33(39)22-26-43(47)53(44)38-24-20-36(21-25-38)50-51-41(34-15-6-2-7-16-34)31-42(52-50)35-17-8-3-9-18-35/h1-31H. The zero-order chi connectivity index (χ0) is 35.6. The smallest absolute Gasteiger partial charge is 0.160 e. The average Bonchev–Trinajstić information content (AvgIpc) is 3.80. The van der Waals surface area contributed by atoms with Crippen LogP contribution < -0.4 is 0 Å². The van der Waals surface area contributed by atoms with Gasteiger partial charge in [0.15, 0.2) is 5.82 Å². The summed E-state index contributed by atoms with van der Waals surface area (Å²) < 4.78 is 5.03. The number of aromatic nitrogens is 3. The molecule has 0 bridgehead atoms. The van der Waals surface area contributed by atoms with Crippen LogP contribution in [0, 0.1) is 0 Å². The molecule has 0 fully saturated rings. The Morgan fingerprint density at radius 3 is 1.65 bits per heavy atom. The minimum absolute atomic E-state index is 0.704. The lowest BCUT2D eigenvalue weighted by molar-refractivity contribution is 1.16. The first-order valence-corrected chi connectivity index (χ1v) is 19.1. The van der Waals surface area contributed by atoms with Gasteiger partial charge >= 0.3 is 0 Å². The van der Waals surface area contributed by atoms with Crippen molar-refractivity contribution >= 4 is 64.1 Å². The van der Waals surface area contributed by atoms with E-state index in [9.17, 15) is 0 Å². The molecule has 3 nitrogen and oxygen atoms in total. The fraction of sp³-hybridized carbons (Fsp3) is 0. The van der Waals surface area contributed by atoms with Crippen molar-refractivity contribution in [1.82, 2.24) is 14.5 Å². The number of nitrogens with zero attached hydrogens (tertiary/aromatic N) is 3. The van der Waals surface area contributed by atoms with Crippen LogP contribution >= 0.6 is 11.3 Å². The van der Waals surface area contributed by atoms with Gasteiger partial charge in [-0.25, -0.2) is 9.97 Å². The molecule has 11 aromatic rings. The molecule has 0 radical (unpaired) electrons. The van der Waals surface area contributed by atoms with Gasteiger partial charge in [-0.05, 0) is 82.6 Å². The summed E-state index contributed by atoms with van der Waals surface area (Å²) in [7, 11) is 0. The molecule has 0 saturated carbocycles. The molecule has 0 amide bonds. The van der Waals surface area contributed by atoms with Crippen molar-refractivity contribution in [2.24, 2.45) is 0 Å². The van der Waals surface area contributed by atoms with E-state index in [2.05, 4.69) is 180 Å². The van der Waals surface area contributed by atoms with Crippen molar-refractivity contribution < 1.29 is 0 Å². The fourth-order valence-electron chi connectivity index (χ4n) is 8.07. The second kappa shape index (κ2) is 12.4. The molecule has 0 spiro atoms. The highest BCUT2D eigenvalue weighted by Crippen LogP contribution is 2.46. The van der Waals surface area contributed by atoms with Gasteiger partial charge in [0.1, 0.15) is 0 Å². The molecule has 0 aliphatic heterocycles. The highest BCUT2D eigenvalue weighted by Gasteiger charge is 2.20. The maximum Gasteiger partial charge on any atom is 0.160 e. The number of rotatable bonds is 5. The minimum Gasteiger partial charge on any atom is -0.309 e. The lowest BCUT2D eigenvalue weighted by Gasteiger charge is -2.11. The van der Waals surface area contributed by atoms with Crippen LogP contribution in [0.25, 0.3) is 103 Å². The Bertz CT molecular complexity index is 3120. The van der Waals surface area contributed by atoms with Gasteiger partial charge in [-0.15, -0.1) is 11.3 Å². The monoisotopic (exact) mass is 705 g/mol. The van der Waals surface area contributed by atoms with E-state index >= 15 is 0 Å². The van der Waals surface area contributed by atoms with Crippen LogP contribution in [-0.2, 0) is 0 Å². The third kappa shape index (κ3) is 4.96. The molecule has 8 aromatic carbocycles. The summed E-state index contributed by atoms with van der Waals surface area (Å²) in [6.45, 7) is 0. The lowest BCUT2D eigenvalue weighted by atomic mass is 9.99. The summed E-state index contributed by atoms with van der Waals surface area (Å²) in [6.07, 6.45) is 0. The molecule has 0 aliphatic carbocycles. The Kier molecular flexibility index (Phi) is 7.04. The van der Waals surface area contributed by atoms with Gasteiger partial charge < -0.3 is 4.57 Å². The summed E-state index contributed by atoms with van der Waals surface area (Å²) in [5, 5.41) is 7.71. The van der Waals surface area contributed by atoms with Crippen LogP contribution in [0.3, 0.4) is 0 Å². The Labute approximate surface area is 316 Å². The molecule has 252 valence electrons. The van der Waals surface area contributed by atoms with Crippen LogP contribution in [-0.4, -0.2) is 14.5 Å². The number of hydrogen-bond acceptors (Lipinski definition) is 3. The molecule has 0 aliphatic rings. The molecule has 3 aromatic heterocycles. The van der Waals surface area contributed by atoms with E-state index in [-0.39, 0.29) is 0 Å². The van der Waals surface area contributed by atoms with E-state index in [1.54, 1.807) is 0 Å². The molecule has 0 atom stereocenters. The van der Waals surface area contributed by atoms with Crippen molar-refractivity contribution in [3.8, 4) is 50.7 Å². The van der Waals surface area contributed by atoms with Crippen LogP contribution in [0.4, 0.5) is 0 Å². The lowest BCUT2D eigenvalue weighted by Crippen LogP contribution is -1.97. The van der Waals surface area contributed by atoms with Crippen LogP contribution in [0.5, 0.6) is 0 Å². The molecule has 3 heterocycles. The van der Waals surface area contributed by atoms with Gasteiger partial charge in [-0.2, -0.15) is 0 Å². The van der Waals surface area contributed by atoms with E-state index in [4.69, 9.17) is 9.97 Å². The highest BCUT2D eigenvalue weighted by atomic mass is 32.1. The second-order valence-electron chi connectivity index (χ2n) is 13.8. The number of thiophene rings is 1. The van der Waals surface area contributed by atoms with Gasteiger partial charge in [-0.1, -0.05) is 127 Å². The SMILES string of the molecule is c1ccc(-c2ccc3sc4ccc5c(c4c3c2)c2c3ccccc3ccc2n5-c2ccc(-c3nc(-c4ccccc4)cc(-c4ccccc4)n3)cc2)cc1. The van der Waals surface area contributed by atoms with Crippen LogP contribution in [0.1, 0.15) is 0 Å². The predicted octanol–water partition coefficient (Wildman–Crippen LogP) is 13.8. The normalized spacial score (nSPS) is 11.7. The topological polar surface area (TPSA) is 30.7 Å². The third-order valence-electron chi connectivity index (χ3n) is 10.6. The van der Waals surface area contributed by atoms with E-state index in [1.165, 1.54) is 63.9 Å². The predicted molar refractivity (Wildman–Crippen MR) is 229 cm³/mol. The number of hydrogen-bond donors (Lipinski definition) is 0. The first-order chi connectivity index (χ1) is 26.8. The van der Waals surface area contributed by atoms with Gasteiger partial charge in [0.25, 0.3) is 0 Å². The summed E-state index contributed by atoms with van der Waals surface area (Å²) in [4.78, 5) is 10.2. The maximum absolute atomic E-state index is 5.10. The number of fused-ring (bicyclic) bond motifs is 9. The fourth-order valence-corrected chi connectivity index (χ4v) is 9.17. The second-order valence-corrected chi connectivity index (χ2v) is 14.9. The number of benzene rings is 8. The highest BCUT2D eigenvalue weighted by molar-refractivity contribution is 7.26. The molecule has 11 rings (SSSR count). The zero-order valence-corrected chi connectivity index (χ0v) is 30.0. The molecule has 0 unspecified atom stereocenters. The average molecular weight is 706 g/mol. The Morgan fingerprint density at radius 1 is 0.370 bits per heavy atom.